The zero-order valence-electron chi connectivity index (χ0n) is 10.5. The van der Waals surface area contributed by atoms with Crippen molar-refractivity contribution in [2.75, 3.05) is 0 Å². The first kappa shape index (κ1) is 12.7. The topological polar surface area (TPSA) is 12.9 Å². The fourth-order valence-corrected chi connectivity index (χ4v) is 2.89. The fourth-order valence-electron chi connectivity index (χ4n) is 1.83. The monoisotopic (exact) mass is 225 g/mol. The number of rotatable bonds is 6. The standard InChI is InChI=1S/C13H23NS/c1-5-7-8-9-13(4,6-2)12-14-11(3)10-15-12/h10H,5-9H2,1-4H3. The van der Waals surface area contributed by atoms with Crippen LogP contribution in [0.25, 0.3) is 0 Å². The first-order valence-corrected chi connectivity index (χ1v) is 6.93. The van der Waals surface area contributed by atoms with Crippen LogP contribution in [0.2, 0.25) is 0 Å². The SMILES string of the molecule is CCCCCC(C)(CC)c1nc(C)cs1. The average Bonchev–Trinajstić information content (AvgIpc) is 2.65. The molecule has 1 heterocycles. The molecule has 0 amide bonds. The third kappa shape index (κ3) is 3.30. The molecule has 0 N–H and O–H groups in total. The number of thiazole rings is 1. The van der Waals surface area contributed by atoms with Crippen molar-refractivity contribution in [1.29, 1.82) is 0 Å². The largest absolute Gasteiger partial charge is 0.246 e. The van der Waals surface area contributed by atoms with Crippen molar-refractivity contribution in [3.8, 4) is 0 Å². The van der Waals surface area contributed by atoms with E-state index in [9.17, 15) is 0 Å². The first-order chi connectivity index (χ1) is 7.12. The zero-order chi connectivity index (χ0) is 11.3. The number of hydrogen-bond donors (Lipinski definition) is 0. The van der Waals surface area contributed by atoms with Crippen LogP contribution in [0.3, 0.4) is 0 Å². The van der Waals surface area contributed by atoms with Gasteiger partial charge in [0.25, 0.3) is 0 Å². The third-order valence-corrected chi connectivity index (χ3v) is 4.51. The smallest absolute Gasteiger partial charge is 0.0987 e. The van der Waals surface area contributed by atoms with Crippen LogP contribution in [0.15, 0.2) is 5.38 Å². The molecule has 0 spiro atoms. The Bertz CT molecular complexity index is 292. The quantitative estimate of drug-likeness (QED) is 0.639. The van der Waals surface area contributed by atoms with Crippen LogP contribution in [0.5, 0.6) is 0 Å². The molecule has 86 valence electrons. The lowest BCUT2D eigenvalue weighted by Crippen LogP contribution is -2.20. The highest BCUT2D eigenvalue weighted by atomic mass is 32.1. The number of nitrogens with zero attached hydrogens (tertiary/aromatic N) is 1. The van der Waals surface area contributed by atoms with Crippen LogP contribution >= 0.6 is 11.3 Å². The van der Waals surface area contributed by atoms with Crippen molar-refractivity contribution in [2.24, 2.45) is 0 Å². The van der Waals surface area contributed by atoms with E-state index in [0.717, 1.165) is 0 Å². The third-order valence-electron chi connectivity index (χ3n) is 3.25. The zero-order valence-corrected chi connectivity index (χ0v) is 11.3. The lowest BCUT2D eigenvalue weighted by Gasteiger charge is -2.25. The van der Waals surface area contributed by atoms with Crippen LogP contribution in [0.4, 0.5) is 0 Å². The van der Waals surface area contributed by atoms with Gasteiger partial charge in [-0.15, -0.1) is 11.3 Å². The maximum Gasteiger partial charge on any atom is 0.0987 e. The summed E-state index contributed by atoms with van der Waals surface area (Å²) in [6.07, 6.45) is 6.46. The summed E-state index contributed by atoms with van der Waals surface area (Å²) < 4.78 is 0. The number of aromatic nitrogens is 1. The lowest BCUT2D eigenvalue weighted by molar-refractivity contribution is 0.396. The predicted molar refractivity (Wildman–Crippen MR) is 68.6 cm³/mol. The van der Waals surface area contributed by atoms with Crippen LogP contribution in [-0.2, 0) is 5.41 Å². The molecule has 1 atom stereocenters. The minimum absolute atomic E-state index is 0.314. The molecule has 0 bridgehead atoms. The first-order valence-electron chi connectivity index (χ1n) is 6.05. The van der Waals surface area contributed by atoms with Gasteiger partial charge in [-0.3, -0.25) is 0 Å². The van der Waals surface area contributed by atoms with Crippen molar-refractivity contribution >= 4 is 11.3 Å². The Morgan fingerprint density at radius 3 is 2.53 bits per heavy atom. The van der Waals surface area contributed by atoms with Crippen LogP contribution in [-0.4, -0.2) is 4.98 Å². The molecular formula is C13H23NS. The Morgan fingerprint density at radius 2 is 2.07 bits per heavy atom. The van der Waals surface area contributed by atoms with Gasteiger partial charge in [-0.05, 0) is 19.8 Å². The maximum atomic E-state index is 4.65. The average molecular weight is 225 g/mol. The number of unbranched alkanes of at least 4 members (excludes halogenated alkanes) is 2. The number of hydrogen-bond acceptors (Lipinski definition) is 2. The maximum absolute atomic E-state index is 4.65. The molecule has 0 saturated heterocycles. The highest BCUT2D eigenvalue weighted by Gasteiger charge is 2.26. The van der Waals surface area contributed by atoms with E-state index in [4.69, 9.17) is 0 Å². The second kappa shape index (κ2) is 5.64. The summed E-state index contributed by atoms with van der Waals surface area (Å²) in [7, 11) is 0. The van der Waals surface area contributed by atoms with Gasteiger partial charge >= 0.3 is 0 Å². The molecule has 0 aliphatic rings. The molecule has 0 saturated carbocycles. The summed E-state index contributed by atoms with van der Waals surface area (Å²) >= 11 is 1.83. The van der Waals surface area contributed by atoms with Gasteiger partial charge in [0.2, 0.25) is 0 Å². The molecule has 1 aromatic heterocycles. The Morgan fingerprint density at radius 1 is 1.33 bits per heavy atom. The molecule has 1 unspecified atom stereocenters. The van der Waals surface area contributed by atoms with Crippen LogP contribution in [0, 0.1) is 6.92 Å². The van der Waals surface area contributed by atoms with Gasteiger partial charge in [0.1, 0.15) is 0 Å². The highest BCUT2D eigenvalue weighted by molar-refractivity contribution is 7.09. The molecule has 2 heteroatoms. The summed E-state index contributed by atoms with van der Waals surface area (Å²) in [6, 6.07) is 0. The molecule has 0 aliphatic heterocycles. The van der Waals surface area contributed by atoms with Crippen LogP contribution < -0.4 is 0 Å². The van der Waals surface area contributed by atoms with E-state index in [1.54, 1.807) is 0 Å². The Balaban J connectivity index is 2.67. The van der Waals surface area contributed by atoms with Crippen molar-refractivity contribution in [1.82, 2.24) is 4.98 Å². The van der Waals surface area contributed by atoms with Crippen LogP contribution in [0.1, 0.15) is 63.6 Å². The fraction of sp³-hybridized carbons (Fsp3) is 0.769. The predicted octanol–water partition coefficient (Wildman–Crippen LogP) is 4.70. The number of aryl methyl sites for hydroxylation is 1. The molecule has 15 heavy (non-hydrogen) atoms. The Kier molecular flexibility index (Phi) is 4.78. The normalized spacial score (nSPS) is 15.2. The Hall–Kier alpha value is -0.370. The molecule has 1 nitrogen and oxygen atoms in total. The van der Waals surface area contributed by atoms with Crippen molar-refractivity contribution < 1.29 is 0 Å². The second-order valence-electron chi connectivity index (χ2n) is 4.67. The minimum Gasteiger partial charge on any atom is -0.246 e. The Labute approximate surface area is 97.9 Å². The second-order valence-corrected chi connectivity index (χ2v) is 5.52. The van der Waals surface area contributed by atoms with Crippen molar-refractivity contribution in [3.63, 3.8) is 0 Å². The molecule has 0 aromatic carbocycles. The molecular weight excluding hydrogens is 202 g/mol. The van der Waals surface area contributed by atoms with E-state index in [1.807, 2.05) is 11.3 Å². The van der Waals surface area contributed by atoms with Crippen molar-refractivity contribution in [3.05, 3.63) is 16.1 Å². The van der Waals surface area contributed by atoms with Gasteiger partial charge in [-0.1, -0.05) is 40.0 Å². The van der Waals surface area contributed by atoms with E-state index >= 15 is 0 Å². The van der Waals surface area contributed by atoms with Crippen molar-refractivity contribution in [2.45, 2.75) is 65.2 Å². The van der Waals surface area contributed by atoms with Gasteiger partial charge in [-0.2, -0.15) is 0 Å². The van der Waals surface area contributed by atoms with Gasteiger partial charge in [0.05, 0.1) is 5.01 Å². The van der Waals surface area contributed by atoms with E-state index in [-0.39, 0.29) is 0 Å². The molecule has 1 rings (SSSR count). The van der Waals surface area contributed by atoms with E-state index in [2.05, 4.69) is 38.1 Å². The van der Waals surface area contributed by atoms with E-state index in [0.29, 0.717) is 5.41 Å². The van der Waals surface area contributed by atoms with Gasteiger partial charge in [0.15, 0.2) is 0 Å². The summed E-state index contributed by atoms with van der Waals surface area (Å²) in [5, 5.41) is 3.50. The van der Waals surface area contributed by atoms with Gasteiger partial charge in [0, 0.05) is 16.5 Å². The summed E-state index contributed by atoms with van der Waals surface area (Å²) in [4.78, 5) is 4.65. The summed E-state index contributed by atoms with van der Waals surface area (Å²) in [6.45, 7) is 8.99. The molecule has 0 radical (unpaired) electrons. The molecule has 0 aliphatic carbocycles. The van der Waals surface area contributed by atoms with E-state index in [1.165, 1.54) is 42.8 Å². The molecule has 0 fully saturated rings. The van der Waals surface area contributed by atoms with Gasteiger partial charge in [-0.25, -0.2) is 4.98 Å². The lowest BCUT2D eigenvalue weighted by atomic mass is 9.83. The summed E-state index contributed by atoms with van der Waals surface area (Å²) in [5.74, 6) is 0. The van der Waals surface area contributed by atoms with E-state index < -0.39 is 0 Å². The minimum atomic E-state index is 0.314. The highest BCUT2D eigenvalue weighted by Crippen LogP contribution is 2.34. The molecule has 1 aromatic rings. The van der Waals surface area contributed by atoms with Gasteiger partial charge < -0.3 is 0 Å². The summed E-state index contributed by atoms with van der Waals surface area (Å²) in [5.41, 5.74) is 1.49.